The molecule has 0 atom stereocenters. The molecule has 0 radical (unpaired) electrons. The molecule has 0 saturated carbocycles. The number of aromatic nitrogens is 2. The first-order chi connectivity index (χ1) is 12.8. The van der Waals surface area contributed by atoms with Gasteiger partial charge in [0.05, 0.1) is 11.2 Å². The predicted molar refractivity (Wildman–Crippen MR) is 110 cm³/mol. The third-order valence-electron chi connectivity index (χ3n) is 5.19. The van der Waals surface area contributed by atoms with Gasteiger partial charge in [0.25, 0.3) is 0 Å². The Bertz CT molecular complexity index is 1040. The number of nitrogens with zero attached hydrogens (tertiary/aromatic N) is 1. The number of aromatic amines is 1. The van der Waals surface area contributed by atoms with Crippen molar-refractivity contribution in [1.29, 1.82) is 0 Å². The van der Waals surface area contributed by atoms with Crippen LogP contribution in [0.5, 0.6) is 0 Å². The van der Waals surface area contributed by atoms with Gasteiger partial charge in [-0.05, 0) is 49.4 Å². The highest BCUT2D eigenvalue weighted by Crippen LogP contribution is 2.36. The van der Waals surface area contributed by atoms with Crippen molar-refractivity contribution in [1.82, 2.24) is 9.97 Å². The van der Waals surface area contributed by atoms with Gasteiger partial charge in [-0.2, -0.15) is 0 Å². The van der Waals surface area contributed by atoms with Gasteiger partial charge in [-0.15, -0.1) is 0 Å². The largest absolute Gasteiger partial charge is 0.354 e. The minimum Gasteiger partial charge on any atom is -0.354 e. The first-order valence-corrected chi connectivity index (χ1v) is 9.50. The second-order valence-electron chi connectivity index (χ2n) is 6.80. The van der Waals surface area contributed by atoms with E-state index in [4.69, 9.17) is 5.73 Å². The van der Waals surface area contributed by atoms with Gasteiger partial charge in [0.15, 0.2) is 0 Å². The fraction of sp³-hybridized carbons (Fsp3) is 0.261. The Labute approximate surface area is 154 Å². The number of hydrogen-bond acceptors (Lipinski definition) is 2. The number of rotatable bonds is 6. The lowest BCUT2D eigenvalue weighted by molar-refractivity contribution is 0.748. The molecule has 2 aromatic carbocycles. The molecule has 3 nitrogen and oxygen atoms in total. The van der Waals surface area contributed by atoms with Crippen LogP contribution < -0.4 is 5.73 Å². The number of benzene rings is 2. The van der Waals surface area contributed by atoms with Crippen molar-refractivity contribution in [3.63, 3.8) is 0 Å². The molecule has 4 rings (SSSR count). The van der Waals surface area contributed by atoms with Crippen LogP contribution in [-0.2, 0) is 12.8 Å². The summed E-state index contributed by atoms with van der Waals surface area (Å²) in [5.74, 6) is 0. The second-order valence-corrected chi connectivity index (χ2v) is 6.80. The highest BCUT2D eigenvalue weighted by molar-refractivity contribution is 5.99. The predicted octanol–water partition coefficient (Wildman–Crippen LogP) is 5.23. The molecule has 0 aliphatic heterocycles. The summed E-state index contributed by atoms with van der Waals surface area (Å²) in [4.78, 5) is 8.42. The van der Waals surface area contributed by atoms with Crippen LogP contribution in [0, 0.1) is 0 Å². The van der Waals surface area contributed by atoms with Gasteiger partial charge in [-0.1, -0.05) is 49.4 Å². The van der Waals surface area contributed by atoms with Crippen molar-refractivity contribution < 1.29 is 0 Å². The number of H-pyrrole nitrogens is 1. The summed E-state index contributed by atoms with van der Waals surface area (Å²) in [7, 11) is 0. The Balaban J connectivity index is 1.96. The summed E-state index contributed by atoms with van der Waals surface area (Å²) in [6.07, 6.45) is 6.08. The second kappa shape index (κ2) is 7.30. The normalized spacial score (nSPS) is 11.5. The Morgan fingerprint density at radius 2 is 1.85 bits per heavy atom. The molecule has 2 heterocycles. The zero-order chi connectivity index (χ0) is 17.9. The first-order valence-electron chi connectivity index (χ1n) is 9.50. The molecule has 0 spiro atoms. The zero-order valence-corrected chi connectivity index (χ0v) is 15.3. The van der Waals surface area contributed by atoms with Crippen molar-refractivity contribution in [3.05, 3.63) is 65.9 Å². The lowest BCUT2D eigenvalue weighted by Crippen LogP contribution is -1.99. The molecular weight excluding hydrogens is 318 g/mol. The van der Waals surface area contributed by atoms with Crippen molar-refractivity contribution in [3.8, 4) is 11.3 Å². The molecule has 0 aliphatic carbocycles. The standard InChI is InChI=1S/C23H25N3/c1-2-16-8-5-12-18-19(11-3-4-14-24)23(26-22(16)18)20-13-6-9-17-10-7-15-25-21(17)20/h5-10,12-13,15,26H,2-4,11,14,24H2,1H3. The third kappa shape index (κ3) is 2.89. The van der Waals surface area contributed by atoms with E-state index in [1.165, 1.54) is 38.7 Å². The van der Waals surface area contributed by atoms with E-state index in [2.05, 4.69) is 59.4 Å². The van der Waals surface area contributed by atoms with E-state index < -0.39 is 0 Å². The molecule has 3 N–H and O–H groups in total. The Morgan fingerprint density at radius 3 is 2.69 bits per heavy atom. The molecule has 26 heavy (non-hydrogen) atoms. The quantitative estimate of drug-likeness (QED) is 0.471. The molecule has 4 aromatic rings. The van der Waals surface area contributed by atoms with E-state index in [1.807, 2.05) is 12.3 Å². The summed E-state index contributed by atoms with van der Waals surface area (Å²) in [6.45, 7) is 2.95. The number of nitrogens with two attached hydrogens (primary N) is 1. The van der Waals surface area contributed by atoms with Crippen LogP contribution in [0.4, 0.5) is 0 Å². The van der Waals surface area contributed by atoms with Gasteiger partial charge in [-0.25, -0.2) is 0 Å². The topological polar surface area (TPSA) is 54.7 Å². The smallest absolute Gasteiger partial charge is 0.0795 e. The Kier molecular flexibility index (Phi) is 4.72. The molecule has 3 heteroatoms. The number of hydrogen-bond donors (Lipinski definition) is 2. The van der Waals surface area contributed by atoms with Crippen molar-refractivity contribution in [2.24, 2.45) is 5.73 Å². The van der Waals surface area contributed by atoms with E-state index in [0.717, 1.165) is 37.7 Å². The maximum absolute atomic E-state index is 5.73. The summed E-state index contributed by atoms with van der Waals surface area (Å²) in [5, 5.41) is 2.51. The SMILES string of the molecule is CCc1cccc2c(CCCCN)c(-c3cccc4cccnc34)[nH]c12. The van der Waals surface area contributed by atoms with Gasteiger partial charge in [0.2, 0.25) is 0 Å². The van der Waals surface area contributed by atoms with E-state index in [-0.39, 0.29) is 0 Å². The number of unbranched alkanes of at least 4 members (excludes halogenated alkanes) is 1. The fourth-order valence-electron chi connectivity index (χ4n) is 3.87. The lowest BCUT2D eigenvalue weighted by Gasteiger charge is -2.08. The molecule has 0 amide bonds. The van der Waals surface area contributed by atoms with Crippen LogP contribution in [0.1, 0.15) is 30.9 Å². The summed E-state index contributed by atoms with van der Waals surface area (Å²) >= 11 is 0. The van der Waals surface area contributed by atoms with Crippen LogP contribution in [-0.4, -0.2) is 16.5 Å². The molecule has 132 valence electrons. The third-order valence-corrected chi connectivity index (χ3v) is 5.19. The van der Waals surface area contributed by atoms with Crippen molar-refractivity contribution >= 4 is 21.8 Å². The molecule has 0 fully saturated rings. The van der Waals surface area contributed by atoms with Gasteiger partial charge in [-0.3, -0.25) is 4.98 Å². The van der Waals surface area contributed by atoms with Crippen LogP contribution in [0.25, 0.3) is 33.1 Å². The van der Waals surface area contributed by atoms with Crippen LogP contribution in [0.2, 0.25) is 0 Å². The van der Waals surface area contributed by atoms with Crippen molar-refractivity contribution in [2.75, 3.05) is 6.54 Å². The molecular formula is C23H25N3. The molecule has 0 saturated heterocycles. The average molecular weight is 343 g/mol. The van der Waals surface area contributed by atoms with E-state index in [9.17, 15) is 0 Å². The Morgan fingerprint density at radius 1 is 1.00 bits per heavy atom. The number of aryl methyl sites for hydroxylation is 2. The monoisotopic (exact) mass is 343 g/mol. The van der Waals surface area contributed by atoms with E-state index in [0.29, 0.717) is 0 Å². The van der Waals surface area contributed by atoms with Crippen LogP contribution in [0.3, 0.4) is 0 Å². The first kappa shape index (κ1) is 16.8. The molecule has 0 aliphatic rings. The summed E-state index contributed by atoms with van der Waals surface area (Å²) in [5.41, 5.74) is 13.2. The van der Waals surface area contributed by atoms with Gasteiger partial charge >= 0.3 is 0 Å². The van der Waals surface area contributed by atoms with Gasteiger partial charge < -0.3 is 10.7 Å². The lowest BCUT2D eigenvalue weighted by atomic mass is 9.98. The fourth-order valence-corrected chi connectivity index (χ4v) is 3.87. The zero-order valence-electron chi connectivity index (χ0n) is 15.3. The average Bonchev–Trinajstić information content (AvgIpc) is 3.06. The molecule has 0 bridgehead atoms. The summed E-state index contributed by atoms with van der Waals surface area (Å²) < 4.78 is 0. The van der Waals surface area contributed by atoms with Gasteiger partial charge in [0.1, 0.15) is 0 Å². The van der Waals surface area contributed by atoms with Crippen molar-refractivity contribution in [2.45, 2.75) is 32.6 Å². The highest BCUT2D eigenvalue weighted by Gasteiger charge is 2.16. The number of pyridine rings is 1. The minimum atomic E-state index is 0.744. The summed E-state index contributed by atoms with van der Waals surface area (Å²) in [6, 6.07) is 17.2. The van der Waals surface area contributed by atoms with Crippen LogP contribution in [0.15, 0.2) is 54.7 Å². The van der Waals surface area contributed by atoms with Crippen LogP contribution >= 0.6 is 0 Å². The highest BCUT2D eigenvalue weighted by atomic mass is 14.7. The number of para-hydroxylation sites is 2. The number of nitrogens with one attached hydrogen (secondary N) is 1. The molecule has 2 aromatic heterocycles. The van der Waals surface area contributed by atoms with E-state index >= 15 is 0 Å². The van der Waals surface area contributed by atoms with Gasteiger partial charge in [0, 0.05) is 28.0 Å². The van der Waals surface area contributed by atoms with E-state index in [1.54, 1.807) is 0 Å². The molecule has 0 unspecified atom stereocenters. The maximum Gasteiger partial charge on any atom is 0.0795 e. The Hall–Kier alpha value is -2.65. The minimum absolute atomic E-state index is 0.744. The number of fused-ring (bicyclic) bond motifs is 2. The maximum atomic E-state index is 5.73.